The molecule has 1 aliphatic heterocycles. The Balaban J connectivity index is 1.85. The van der Waals surface area contributed by atoms with Crippen molar-refractivity contribution in [3.63, 3.8) is 0 Å². The summed E-state index contributed by atoms with van der Waals surface area (Å²) < 4.78 is 0. The van der Waals surface area contributed by atoms with Crippen LogP contribution in [0.1, 0.15) is 24.1 Å². The molecule has 0 radical (unpaired) electrons. The summed E-state index contributed by atoms with van der Waals surface area (Å²) in [5.74, 6) is 0.0497. The molecule has 1 saturated heterocycles. The molecule has 1 aromatic heterocycles. The van der Waals surface area contributed by atoms with Crippen molar-refractivity contribution in [2.75, 3.05) is 0 Å². The largest absolute Gasteiger partial charge is 0.350 e. The summed E-state index contributed by atoms with van der Waals surface area (Å²) >= 11 is 5.88. The number of hydrogen-bond donors (Lipinski definition) is 2. The molecule has 26 heavy (non-hydrogen) atoms. The van der Waals surface area contributed by atoms with E-state index in [-0.39, 0.29) is 22.5 Å². The van der Waals surface area contributed by atoms with Crippen molar-refractivity contribution in [1.29, 1.82) is 0 Å². The van der Waals surface area contributed by atoms with Gasteiger partial charge in [-0.3, -0.25) is 9.59 Å². The molecule has 2 N–H and O–H groups in total. The van der Waals surface area contributed by atoms with Crippen molar-refractivity contribution in [3.8, 4) is 0 Å². The van der Waals surface area contributed by atoms with E-state index < -0.39 is 0 Å². The summed E-state index contributed by atoms with van der Waals surface area (Å²) in [6.07, 6.45) is 3.27. The van der Waals surface area contributed by atoms with E-state index in [4.69, 9.17) is 11.6 Å². The van der Waals surface area contributed by atoms with Gasteiger partial charge in [0.1, 0.15) is 5.02 Å². The van der Waals surface area contributed by atoms with Crippen molar-refractivity contribution >= 4 is 33.9 Å². The number of aromatic amines is 1. The molecule has 2 aromatic carbocycles. The number of nitrogens with one attached hydrogen (secondary N) is 2. The second-order valence-electron chi connectivity index (χ2n) is 6.40. The van der Waals surface area contributed by atoms with Crippen LogP contribution in [0.15, 0.2) is 65.5 Å². The van der Waals surface area contributed by atoms with Crippen LogP contribution in [0.3, 0.4) is 0 Å². The van der Waals surface area contributed by atoms with Gasteiger partial charge in [0.25, 0.3) is 5.56 Å². The first-order chi connectivity index (χ1) is 12.6. The third kappa shape index (κ3) is 3.28. The van der Waals surface area contributed by atoms with E-state index in [1.54, 1.807) is 12.1 Å². The van der Waals surface area contributed by atoms with Gasteiger partial charge in [-0.15, -0.1) is 0 Å². The third-order valence-electron chi connectivity index (χ3n) is 4.61. The standard InChI is InChI=1S/C21H17ClN2O2/c22-18-8-9-19(24-21(18)26)17(12-16-7-10-20(25)23-16)15-6-5-13-3-1-2-4-14(13)11-15/h1-6,8-9,11-12,16H,7,10H2,(H,23,25)(H,24,26)/b17-12+. The van der Waals surface area contributed by atoms with Gasteiger partial charge in [-0.1, -0.05) is 54.1 Å². The summed E-state index contributed by atoms with van der Waals surface area (Å²) in [7, 11) is 0. The highest BCUT2D eigenvalue weighted by molar-refractivity contribution is 6.30. The van der Waals surface area contributed by atoms with Gasteiger partial charge in [0.15, 0.2) is 0 Å². The first kappa shape index (κ1) is 16.6. The van der Waals surface area contributed by atoms with E-state index in [0.717, 1.165) is 28.3 Å². The van der Waals surface area contributed by atoms with Gasteiger partial charge < -0.3 is 10.3 Å². The quantitative estimate of drug-likeness (QED) is 0.740. The summed E-state index contributed by atoms with van der Waals surface area (Å²) in [6.45, 7) is 0. The fraction of sp³-hybridized carbons (Fsp3) is 0.143. The van der Waals surface area contributed by atoms with E-state index in [9.17, 15) is 9.59 Å². The van der Waals surface area contributed by atoms with Gasteiger partial charge in [0, 0.05) is 23.7 Å². The monoisotopic (exact) mass is 364 g/mol. The van der Waals surface area contributed by atoms with Crippen LogP contribution >= 0.6 is 11.6 Å². The van der Waals surface area contributed by atoms with Gasteiger partial charge in [-0.05, 0) is 41.0 Å². The maximum atomic E-state index is 12.0. The van der Waals surface area contributed by atoms with Crippen molar-refractivity contribution in [2.24, 2.45) is 0 Å². The van der Waals surface area contributed by atoms with Crippen LogP contribution in [0.25, 0.3) is 16.3 Å². The Bertz CT molecular complexity index is 1080. The number of halogens is 1. The second-order valence-corrected chi connectivity index (χ2v) is 6.81. The molecule has 4 nitrogen and oxygen atoms in total. The molecular formula is C21H17ClN2O2. The van der Waals surface area contributed by atoms with Crippen molar-refractivity contribution < 1.29 is 4.79 Å². The minimum absolute atomic E-state index is 0.0497. The highest BCUT2D eigenvalue weighted by Gasteiger charge is 2.20. The zero-order valence-electron chi connectivity index (χ0n) is 14.0. The fourth-order valence-corrected chi connectivity index (χ4v) is 3.39. The zero-order valence-corrected chi connectivity index (χ0v) is 14.7. The van der Waals surface area contributed by atoms with E-state index in [2.05, 4.69) is 34.6 Å². The van der Waals surface area contributed by atoms with Crippen molar-refractivity contribution in [2.45, 2.75) is 18.9 Å². The lowest BCUT2D eigenvalue weighted by molar-refractivity contribution is -0.119. The molecule has 2 heterocycles. The Morgan fingerprint density at radius 2 is 1.85 bits per heavy atom. The minimum Gasteiger partial charge on any atom is -0.350 e. The zero-order chi connectivity index (χ0) is 18.1. The molecule has 5 heteroatoms. The van der Waals surface area contributed by atoms with Gasteiger partial charge in [-0.2, -0.15) is 0 Å². The average Bonchev–Trinajstić information content (AvgIpc) is 3.07. The fourth-order valence-electron chi connectivity index (χ4n) is 3.28. The van der Waals surface area contributed by atoms with Crippen LogP contribution in [0.4, 0.5) is 0 Å². The molecule has 1 aliphatic rings. The molecule has 1 atom stereocenters. The molecule has 3 aromatic rings. The first-order valence-electron chi connectivity index (χ1n) is 8.50. The summed E-state index contributed by atoms with van der Waals surface area (Å²) in [4.78, 5) is 26.4. The lowest BCUT2D eigenvalue weighted by Crippen LogP contribution is -2.23. The number of carbonyl (C=O) groups excluding carboxylic acids is 1. The van der Waals surface area contributed by atoms with E-state index >= 15 is 0 Å². The van der Waals surface area contributed by atoms with Crippen LogP contribution in [-0.2, 0) is 4.79 Å². The summed E-state index contributed by atoms with van der Waals surface area (Å²) in [6, 6.07) is 17.6. The Morgan fingerprint density at radius 3 is 2.58 bits per heavy atom. The number of hydrogen-bond acceptors (Lipinski definition) is 2. The molecule has 1 fully saturated rings. The van der Waals surface area contributed by atoms with Crippen LogP contribution in [0.5, 0.6) is 0 Å². The lowest BCUT2D eigenvalue weighted by atomic mass is 9.96. The molecule has 1 unspecified atom stereocenters. The Kier molecular flexibility index (Phi) is 4.35. The highest BCUT2D eigenvalue weighted by Crippen LogP contribution is 2.27. The predicted molar refractivity (Wildman–Crippen MR) is 104 cm³/mol. The van der Waals surface area contributed by atoms with Gasteiger partial charge in [0.2, 0.25) is 5.91 Å². The highest BCUT2D eigenvalue weighted by atomic mass is 35.5. The Morgan fingerprint density at radius 1 is 1.04 bits per heavy atom. The van der Waals surface area contributed by atoms with Crippen molar-refractivity contribution in [1.82, 2.24) is 10.3 Å². The maximum absolute atomic E-state index is 12.0. The van der Waals surface area contributed by atoms with E-state index in [1.807, 2.05) is 24.3 Å². The maximum Gasteiger partial charge on any atom is 0.267 e. The first-order valence-corrected chi connectivity index (χ1v) is 8.87. The SMILES string of the molecule is O=C1CCC(/C=C(\c2ccc3ccccc3c2)c2ccc(Cl)c(=O)[nH]2)N1. The molecule has 0 bridgehead atoms. The minimum atomic E-state index is -0.327. The molecule has 0 spiro atoms. The molecule has 130 valence electrons. The molecule has 1 amide bonds. The molecule has 4 rings (SSSR count). The number of benzene rings is 2. The Hall–Kier alpha value is -2.85. The lowest BCUT2D eigenvalue weighted by Gasteiger charge is -2.13. The normalized spacial score (nSPS) is 17.5. The van der Waals surface area contributed by atoms with Gasteiger partial charge in [-0.25, -0.2) is 0 Å². The predicted octanol–water partition coefficient (Wildman–Crippen LogP) is 3.89. The van der Waals surface area contributed by atoms with Crippen LogP contribution in [0, 0.1) is 0 Å². The average molecular weight is 365 g/mol. The summed E-state index contributed by atoms with van der Waals surface area (Å²) in [5, 5.41) is 5.37. The van der Waals surface area contributed by atoms with Crippen LogP contribution in [-0.4, -0.2) is 16.9 Å². The van der Waals surface area contributed by atoms with Gasteiger partial charge >= 0.3 is 0 Å². The molecule has 0 saturated carbocycles. The van der Waals surface area contributed by atoms with Crippen molar-refractivity contribution in [3.05, 3.63) is 87.3 Å². The number of rotatable bonds is 3. The number of aromatic nitrogens is 1. The Labute approximate surface area is 155 Å². The topological polar surface area (TPSA) is 62.0 Å². The van der Waals surface area contributed by atoms with Crippen LogP contribution in [0.2, 0.25) is 5.02 Å². The number of fused-ring (bicyclic) bond motifs is 1. The third-order valence-corrected chi connectivity index (χ3v) is 4.91. The summed E-state index contributed by atoms with van der Waals surface area (Å²) in [5.41, 5.74) is 2.20. The second kappa shape index (κ2) is 6.81. The van der Waals surface area contributed by atoms with E-state index in [0.29, 0.717) is 12.1 Å². The van der Waals surface area contributed by atoms with Crippen LogP contribution < -0.4 is 10.9 Å². The number of amides is 1. The smallest absolute Gasteiger partial charge is 0.267 e. The van der Waals surface area contributed by atoms with Gasteiger partial charge in [0.05, 0.1) is 0 Å². The number of carbonyl (C=O) groups is 1. The number of H-pyrrole nitrogens is 1. The van der Waals surface area contributed by atoms with E-state index in [1.165, 1.54) is 0 Å². The molecular weight excluding hydrogens is 348 g/mol. The number of pyridine rings is 1. The molecule has 0 aliphatic carbocycles.